The van der Waals surface area contributed by atoms with Crippen molar-refractivity contribution in [3.63, 3.8) is 0 Å². The van der Waals surface area contributed by atoms with E-state index in [1.807, 2.05) is 13.8 Å². The Morgan fingerprint density at radius 3 is 1.56 bits per heavy atom. The normalized spacial score (nSPS) is 14.4. The van der Waals surface area contributed by atoms with Gasteiger partial charge in [-0.05, 0) is 12.3 Å². The smallest absolute Gasteiger partial charge is 0.348 e. The van der Waals surface area contributed by atoms with Crippen molar-refractivity contribution in [3.05, 3.63) is 0 Å². The molecule has 0 aromatic heterocycles. The summed E-state index contributed by atoms with van der Waals surface area (Å²) in [6, 6.07) is -0.798. The van der Waals surface area contributed by atoms with Crippen molar-refractivity contribution < 1.29 is 26.7 Å². The SMILES string of the molecule is CC.CC(NC(=O)C(F)(F)C(F)(F)F)C(C)(C)C. The molecule has 1 amide bonds. The van der Waals surface area contributed by atoms with E-state index in [0.29, 0.717) is 0 Å². The Bertz CT molecular complexity index is 268. The molecule has 0 fully saturated rings. The number of rotatable bonds is 2. The monoisotopic (exact) mass is 277 g/mol. The van der Waals surface area contributed by atoms with Gasteiger partial charge in [-0.3, -0.25) is 4.79 Å². The first-order valence-electron chi connectivity index (χ1n) is 5.55. The van der Waals surface area contributed by atoms with Gasteiger partial charge in [0.25, 0.3) is 0 Å². The van der Waals surface area contributed by atoms with Crippen LogP contribution in [0.3, 0.4) is 0 Å². The molecule has 1 N–H and O–H groups in total. The Morgan fingerprint density at radius 2 is 1.33 bits per heavy atom. The fourth-order valence-corrected chi connectivity index (χ4v) is 0.633. The minimum Gasteiger partial charge on any atom is -0.348 e. The number of alkyl halides is 5. The molecule has 0 spiro atoms. The second kappa shape index (κ2) is 6.33. The van der Waals surface area contributed by atoms with Crippen LogP contribution < -0.4 is 5.32 Å². The predicted molar refractivity (Wildman–Crippen MR) is 59.4 cm³/mol. The third kappa shape index (κ3) is 5.18. The molecule has 0 aromatic rings. The van der Waals surface area contributed by atoms with Gasteiger partial charge in [-0.25, -0.2) is 0 Å². The Balaban J connectivity index is 0. The highest BCUT2D eigenvalue weighted by molar-refractivity contribution is 5.84. The lowest BCUT2D eigenvalue weighted by Crippen LogP contribution is -2.54. The maximum absolute atomic E-state index is 12.5. The minimum atomic E-state index is -5.87. The van der Waals surface area contributed by atoms with Crippen LogP contribution in [0.4, 0.5) is 22.0 Å². The van der Waals surface area contributed by atoms with Crippen molar-refractivity contribution in [1.82, 2.24) is 5.32 Å². The standard InChI is InChI=1S/C9H14F5NO.C2H6/c1-5(7(2,3)4)15-6(16)8(10,11)9(12,13)14;1-2/h5H,1-4H3,(H,15,16);1-2H3. The van der Waals surface area contributed by atoms with E-state index in [1.165, 1.54) is 6.92 Å². The lowest BCUT2D eigenvalue weighted by molar-refractivity contribution is -0.270. The van der Waals surface area contributed by atoms with Gasteiger partial charge in [-0.2, -0.15) is 22.0 Å². The molecule has 0 bridgehead atoms. The summed E-state index contributed by atoms with van der Waals surface area (Å²) < 4.78 is 60.5. The molecule has 0 aliphatic rings. The molecule has 0 saturated carbocycles. The highest BCUT2D eigenvalue weighted by Crippen LogP contribution is 2.35. The van der Waals surface area contributed by atoms with Gasteiger partial charge >= 0.3 is 18.0 Å². The number of halogens is 5. The number of hydrogen-bond donors (Lipinski definition) is 1. The van der Waals surface area contributed by atoms with Gasteiger partial charge in [0.05, 0.1) is 0 Å². The van der Waals surface area contributed by atoms with Crippen molar-refractivity contribution in [2.45, 2.75) is 59.7 Å². The summed E-state index contributed by atoms with van der Waals surface area (Å²) in [4.78, 5) is 10.8. The first-order chi connectivity index (χ1) is 7.80. The molecule has 0 aliphatic carbocycles. The summed E-state index contributed by atoms with van der Waals surface area (Å²) in [6.45, 7) is 10.2. The van der Waals surface area contributed by atoms with Crippen molar-refractivity contribution in [3.8, 4) is 0 Å². The van der Waals surface area contributed by atoms with Crippen LogP contribution in [0.15, 0.2) is 0 Å². The highest BCUT2D eigenvalue weighted by atomic mass is 19.4. The van der Waals surface area contributed by atoms with Crippen LogP contribution in [0.1, 0.15) is 41.5 Å². The average molecular weight is 277 g/mol. The number of carbonyl (C=O) groups is 1. The van der Waals surface area contributed by atoms with E-state index in [1.54, 1.807) is 26.1 Å². The zero-order chi connectivity index (χ0) is 15.4. The Morgan fingerprint density at radius 1 is 1.00 bits per heavy atom. The lowest BCUT2D eigenvalue weighted by atomic mass is 9.88. The molecule has 0 aliphatic heterocycles. The largest absolute Gasteiger partial charge is 0.463 e. The first kappa shape index (κ1) is 19.5. The molecule has 7 heteroatoms. The van der Waals surface area contributed by atoms with Crippen LogP contribution in [0.25, 0.3) is 0 Å². The van der Waals surface area contributed by atoms with Crippen LogP contribution in [-0.4, -0.2) is 24.0 Å². The zero-order valence-corrected chi connectivity index (χ0v) is 11.4. The highest BCUT2D eigenvalue weighted by Gasteiger charge is 2.63. The lowest BCUT2D eigenvalue weighted by Gasteiger charge is -2.30. The fraction of sp³-hybridized carbons (Fsp3) is 0.909. The second-order valence-electron chi connectivity index (χ2n) is 4.63. The first-order valence-corrected chi connectivity index (χ1v) is 5.55. The van der Waals surface area contributed by atoms with Gasteiger partial charge in [0.1, 0.15) is 0 Å². The van der Waals surface area contributed by atoms with Gasteiger partial charge in [-0.15, -0.1) is 0 Å². The van der Waals surface area contributed by atoms with Crippen LogP contribution in [0.5, 0.6) is 0 Å². The van der Waals surface area contributed by atoms with Crippen molar-refractivity contribution >= 4 is 5.91 Å². The summed E-state index contributed by atoms with van der Waals surface area (Å²) in [7, 11) is 0. The summed E-state index contributed by atoms with van der Waals surface area (Å²) in [5.74, 6) is -7.67. The molecular formula is C11H20F5NO. The van der Waals surface area contributed by atoms with E-state index in [0.717, 1.165) is 0 Å². The number of amides is 1. The molecule has 110 valence electrons. The van der Waals surface area contributed by atoms with Crippen LogP contribution >= 0.6 is 0 Å². The molecule has 18 heavy (non-hydrogen) atoms. The van der Waals surface area contributed by atoms with Crippen molar-refractivity contribution in [2.75, 3.05) is 0 Å². The Hall–Kier alpha value is -0.880. The van der Waals surface area contributed by atoms with Gasteiger partial charge in [0.15, 0.2) is 0 Å². The molecule has 2 nitrogen and oxygen atoms in total. The summed E-state index contributed by atoms with van der Waals surface area (Å²) in [5, 5.41) is 1.66. The summed E-state index contributed by atoms with van der Waals surface area (Å²) in [6.07, 6.45) is -5.87. The van der Waals surface area contributed by atoms with E-state index >= 15 is 0 Å². The zero-order valence-electron chi connectivity index (χ0n) is 11.4. The maximum atomic E-state index is 12.5. The summed E-state index contributed by atoms with van der Waals surface area (Å²) >= 11 is 0. The second-order valence-corrected chi connectivity index (χ2v) is 4.63. The van der Waals surface area contributed by atoms with Gasteiger partial charge in [0, 0.05) is 6.04 Å². The molecule has 0 rings (SSSR count). The Kier molecular flexibility index (Phi) is 6.85. The van der Waals surface area contributed by atoms with Crippen LogP contribution in [0.2, 0.25) is 0 Å². The number of nitrogens with one attached hydrogen (secondary N) is 1. The predicted octanol–water partition coefficient (Wildman–Crippen LogP) is 3.76. The van der Waals surface area contributed by atoms with E-state index < -0.39 is 29.5 Å². The van der Waals surface area contributed by atoms with Crippen LogP contribution in [-0.2, 0) is 4.79 Å². The third-order valence-electron chi connectivity index (χ3n) is 2.29. The van der Waals surface area contributed by atoms with Gasteiger partial charge in [-0.1, -0.05) is 34.6 Å². The van der Waals surface area contributed by atoms with E-state index in [2.05, 4.69) is 0 Å². The molecule has 1 unspecified atom stereocenters. The molecular weight excluding hydrogens is 257 g/mol. The van der Waals surface area contributed by atoms with Crippen molar-refractivity contribution in [2.24, 2.45) is 5.41 Å². The molecule has 0 radical (unpaired) electrons. The third-order valence-corrected chi connectivity index (χ3v) is 2.29. The van der Waals surface area contributed by atoms with Gasteiger partial charge in [0.2, 0.25) is 0 Å². The molecule has 1 atom stereocenters. The number of carbonyl (C=O) groups excluding carboxylic acids is 1. The minimum absolute atomic E-state index is 0.600. The number of hydrogen-bond acceptors (Lipinski definition) is 1. The Labute approximate surface area is 104 Å². The topological polar surface area (TPSA) is 29.1 Å². The quantitative estimate of drug-likeness (QED) is 0.765. The molecule has 0 heterocycles. The average Bonchev–Trinajstić information content (AvgIpc) is 2.17. The van der Waals surface area contributed by atoms with E-state index in [9.17, 15) is 26.7 Å². The van der Waals surface area contributed by atoms with Crippen molar-refractivity contribution in [1.29, 1.82) is 0 Å². The fourth-order valence-electron chi connectivity index (χ4n) is 0.633. The van der Waals surface area contributed by atoms with Gasteiger partial charge < -0.3 is 5.32 Å². The van der Waals surface area contributed by atoms with E-state index in [-0.39, 0.29) is 0 Å². The maximum Gasteiger partial charge on any atom is 0.463 e. The van der Waals surface area contributed by atoms with Crippen LogP contribution in [0, 0.1) is 5.41 Å². The molecule has 0 aromatic carbocycles. The molecule has 0 saturated heterocycles. The summed E-state index contributed by atoms with van der Waals surface area (Å²) in [5.41, 5.74) is -0.600. The van der Waals surface area contributed by atoms with E-state index in [4.69, 9.17) is 0 Å².